The van der Waals surface area contributed by atoms with Crippen LogP contribution in [0.25, 0.3) is 11.3 Å². The molecule has 1 heterocycles. The molecule has 2 rings (SSSR count). The number of rotatable bonds is 5. The standard InChI is InChI=1S/C14H17N3O3/c1-18-8-13-16-10(7-12(15)17-13)9-5-4-6-11(19-2)14(9)20-3/h4-7H,8H2,1-3H3,(H2,15,16,17). The third-order valence-electron chi connectivity index (χ3n) is 2.74. The number of anilines is 1. The van der Waals surface area contributed by atoms with Crippen LogP contribution in [0.2, 0.25) is 0 Å². The van der Waals surface area contributed by atoms with Crippen LogP contribution in [0.3, 0.4) is 0 Å². The van der Waals surface area contributed by atoms with Gasteiger partial charge in [0.2, 0.25) is 0 Å². The van der Waals surface area contributed by atoms with Crippen molar-refractivity contribution in [2.45, 2.75) is 6.61 Å². The Hall–Kier alpha value is -2.34. The van der Waals surface area contributed by atoms with Gasteiger partial charge < -0.3 is 19.9 Å². The van der Waals surface area contributed by atoms with Gasteiger partial charge in [0.25, 0.3) is 0 Å². The fourth-order valence-corrected chi connectivity index (χ4v) is 1.94. The summed E-state index contributed by atoms with van der Waals surface area (Å²) in [4.78, 5) is 8.54. The zero-order valence-electron chi connectivity index (χ0n) is 11.7. The first-order chi connectivity index (χ1) is 9.69. The number of methoxy groups -OCH3 is 3. The fourth-order valence-electron chi connectivity index (χ4n) is 1.94. The van der Waals surface area contributed by atoms with Crippen LogP contribution in [0.15, 0.2) is 24.3 Å². The molecule has 20 heavy (non-hydrogen) atoms. The molecule has 0 unspecified atom stereocenters. The Balaban J connectivity index is 2.56. The van der Waals surface area contributed by atoms with E-state index >= 15 is 0 Å². The van der Waals surface area contributed by atoms with E-state index < -0.39 is 0 Å². The summed E-state index contributed by atoms with van der Waals surface area (Å²) in [6, 6.07) is 7.27. The zero-order valence-corrected chi connectivity index (χ0v) is 11.7. The second kappa shape index (κ2) is 6.21. The molecule has 0 aliphatic rings. The second-order valence-corrected chi connectivity index (χ2v) is 4.07. The van der Waals surface area contributed by atoms with Crippen molar-refractivity contribution in [2.24, 2.45) is 0 Å². The SMILES string of the molecule is COCc1nc(N)cc(-c2cccc(OC)c2OC)n1. The molecule has 2 N–H and O–H groups in total. The molecule has 1 aromatic carbocycles. The molecule has 0 amide bonds. The third kappa shape index (κ3) is 2.80. The summed E-state index contributed by atoms with van der Waals surface area (Å²) < 4.78 is 15.7. The van der Waals surface area contributed by atoms with Crippen LogP contribution in [0.5, 0.6) is 11.5 Å². The molecule has 0 aliphatic heterocycles. The van der Waals surface area contributed by atoms with Gasteiger partial charge in [-0.1, -0.05) is 6.07 Å². The van der Waals surface area contributed by atoms with Gasteiger partial charge in [0, 0.05) is 18.7 Å². The van der Waals surface area contributed by atoms with Crippen LogP contribution in [-0.4, -0.2) is 31.3 Å². The molecule has 6 nitrogen and oxygen atoms in total. The van der Waals surface area contributed by atoms with Gasteiger partial charge >= 0.3 is 0 Å². The van der Waals surface area contributed by atoms with Gasteiger partial charge in [-0.25, -0.2) is 9.97 Å². The van der Waals surface area contributed by atoms with E-state index in [2.05, 4.69) is 9.97 Å². The first kappa shape index (κ1) is 14.1. The van der Waals surface area contributed by atoms with Gasteiger partial charge in [0.05, 0.1) is 19.9 Å². The average molecular weight is 275 g/mol. The normalized spacial score (nSPS) is 10.3. The maximum Gasteiger partial charge on any atom is 0.170 e. The minimum Gasteiger partial charge on any atom is -0.493 e. The Morgan fingerprint density at radius 3 is 2.55 bits per heavy atom. The molecule has 106 valence electrons. The van der Waals surface area contributed by atoms with Crippen LogP contribution >= 0.6 is 0 Å². The molecule has 1 aromatic heterocycles. The topological polar surface area (TPSA) is 79.5 Å². The van der Waals surface area contributed by atoms with Gasteiger partial charge in [-0.2, -0.15) is 0 Å². The van der Waals surface area contributed by atoms with Crippen molar-refractivity contribution in [1.82, 2.24) is 9.97 Å². The van der Waals surface area contributed by atoms with Crippen molar-refractivity contribution in [3.05, 3.63) is 30.1 Å². The molecule has 0 bridgehead atoms. The molecule has 0 fully saturated rings. The quantitative estimate of drug-likeness (QED) is 0.897. The van der Waals surface area contributed by atoms with Crippen molar-refractivity contribution < 1.29 is 14.2 Å². The van der Waals surface area contributed by atoms with Gasteiger partial charge in [0.1, 0.15) is 12.4 Å². The molecule has 0 aliphatic carbocycles. The minimum absolute atomic E-state index is 0.296. The molecule has 0 saturated carbocycles. The van der Waals surface area contributed by atoms with E-state index in [1.165, 1.54) is 0 Å². The molecular weight excluding hydrogens is 258 g/mol. The lowest BCUT2D eigenvalue weighted by Crippen LogP contribution is -2.03. The summed E-state index contributed by atoms with van der Waals surface area (Å²) in [7, 11) is 4.76. The van der Waals surface area contributed by atoms with E-state index in [4.69, 9.17) is 19.9 Å². The van der Waals surface area contributed by atoms with Crippen molar-refractivity contribution in [1.29, 1.82) is 0 Å². The summed E-state index contributed by atoms with van der Waals surface area (Å²) in [5.74, 6) is 2.14. The summed E-state index contributed by atoms with van der Waals surface area (Å²) in [5.41, 5.74) is 7.27. The highest BCUT2D eigenvalue weighted by atomic mass is 16.5. The number of hydrogen-bond donors (Lipinski definition) is 1. The molecule has 6 heteroatoms. The number of hydrogen-bond acceptors (Lipinski definition) is 6. The third-order valence-corrected chi connectivity index (χ3v) is 2.74. The van der Waals surface area contributed by atoms with E-state index in [-0.39, 0.29) is 0 Å². The van der Waals surface area contributed by atoms with Crippen molar-refractivity contribution in [3.63, 3.8) is 0 Å². The molecule has 0 radical (unpaired) electrons. The highest BCUT2D eigenvalue weighted by Crippen LogP contribution is 2.37. The zero-order chi connectivity index (χ0) is 14.5. The van der Waals surface area contributed by atoms with Crippen LogP contribution in [0.1, 0.15) is 5.82 Å². The number of nitrogens with two attached hydrogens (primary N) is 1. The predicted molar refractivity (Wildman–Crippen MR) is 75.7 cm³/mol. The molecule has 0 spiro atoms. The van der Waals surface area contributed by atoms with Gasteiger partial charge in [0.15, 0.2) is 17.3 Å². The molecular formula is C14H17N3O3. The van der Waals surface area contributed by atoms with Gasteiger partial charge in [-0.15, -0.1) is 0 Å². The lowest BCUT2D eigenvalue weighted by molar-refractivity contribution is 0.178. The Morgan fingerprint density at radius 1 is 1.10 bits per heavy atom. The Labute approximate surface area is 117 Å². The lowest BCUT2D eigenvalue weighted by atomic mass is 10.1. The van der Waals surface area contributed by atoms with E-state index in [1.807, 2.05) is 18.2 Å². The van der Waals surface area contributed by atoms with E-state index in [1.54, 1.807) is 27.4 Å². The minimum atomic E-state index is 0.296. The number of nitrogen functional groups attached to an aromatic ring is 1. The largest absolute Gasteiger partial charge is 0.493 e. The highest BCUT2D eigenvalue weighted by Gasteiger charge is 2.14. The average Bonchev–Trinajstić information content (AvgIpc) is 2.46. The number of aromatic nitrogens is 2. The maximum absolute atomic E-state index is 5.81. The van der Waals surface area contributed by atoms with E-state index in [9.17, 15) is 0 Å². The first-order valence-corrected chi connectivity index (χ1v) is 6.03. The smallest absolute Gasteiger partial charge is 0.170 e. The van der Waals surface area contributed by atoms with Gasteiger partial charge in [-0.05, 0) is 12.1 Å². The summed E-state index contributed by atoms with van der Waals surface area (Å²) >= 11 is 0. The summed E-state index contributed by atoms with van der Waals surface area (Å²) in [5, 5.41) is 0. The Morgan fingerprint density at radius 2 is 1.90 bits per heavy atom. The monoisotopic (exact) mass is 275 g/mol. The number of para-hydroxylation sites is 1. The number of ether oxygens (including phenoxy) is 3. The lowest BCUT2D eigenvalue weighted by Gasteiger charge is -2.13. The fraction of sp³-hybridized carbons (Fsp3) is 0.286. The maximum atomic E-state index is 5.81. The van der Waals surface area contributed by atoms with Crippen LogP contribution in [-0.2, 0) is 11.3 Å². The van der Waals surface area contributed by atoms with Crippen LogP contribution in [0.4, 0.5) is 5.82 Å². The van der Waals surface area contributed by atoms with Gasteiger partial charge in [-0.3, -0.25) is 0 Å². The molecule has 0 saturated heterocycles. The predicted octanol–water partition coefficient (Wildman–Crippen LogP) is 1.89. The van der Waals surface area contributed by atoms with Crippen LogP contribution in [0, 0.1) is 0 Å². The number of benzene rings is 1. The number of nitrogens with zero attached hydrogens (tertiary/aromatic N) is 2. The second-order valence-electron chi connectivity index (χ2n) is 4.07. The highest BCUT2D eigenvalue weighted by molar-refractivity contribution is 5.72. The van der Waals surface area contributed by atoms with E-state index in [0.717, 1.165) is 5.56 Å². The van der Waals surface area contributed by atoms with Crippen molar-refractivity contribution >= 4 is 5.82 Å². The first-order valence-electron chi connectivity index (χ1n) is 6.03. The van der Waals surface area contributed by atoms with Crippen molar-refractivity contribution in [2.75, 3.05) is 27.1 Å². The van der Waals surface area contributed by atoms with Crippen LogP contribution < -0.4 is 15.2 Å². The Bertz CT molecular complexity index is 602. The molecule has 0 atom stereocenters. The van der Waals surface area contributed by atoms with Crippen molar-refractivity contribution in [3.8, 4) is 22.8 Å². The molecule has 2 aromatic rings. The van der Waals surface area contributed by atoms with E-state index in [0.29, 0.717) is 35.4 Å². The summed E-state index contributed by atoms with van der Waals surface area (Å²) in [6.07, 6.45) is 0. The summed E-state index contributed by atoms with van der Waals surface area (Å²) in [6.45, 7) is 0.296. The Kier molecular flexibility index (Phi) is 4.37.